The van der Waals surface area contributed by atoms with E-state index in [1.165, 1.54) is 18.2 Å². The summed E-state index contributed by atoms with van der Waals surface area (Å²) in [7, 11) is -3.19. The first kappa shape index (κ1) is 12.7. The minimum Gasteiger partial charge on any atom is -0.265 e. The Morgan fingerprint density at radius 2 is 2.00 bits per heavy atom. The molecule has 0 aromatic heterocycles. The number of hydrogen-bond acceptors (Lipinski definition) is 2. The molecule has 3 nitrogen and oxygen atoms in total. The van der Waals surface area contributed by atoms with E-state index in [-0.39, 0.29) is 6.04 Å². The molecule has 0 amide bonds. The van der Waals surface area contributed by atoms with Gasteiger partial charge in [-0.2, -0.15) is 0 Å². The number of sulfonamides is 1. The highest BCUT2D eigenvalue weighted by molar-refractivity contribution is 14.1. The number of hydrogen-bond donors (Lipinski definition) is 0. The number of fused-ring (bicyclic) bond motifs is 3. The molecule has 0 radical (unpaired) electrons. The SMILES string of the molecule is CS(=O)(=O)N1c2ccccc2[C@@H]2CCC[C@@H](I)[C@@H]21. The Morgan fingerprint density at radius 1 is 1.28 bits per heavy atom. The summed E-state index contributed by atoms with van der Waals surface area (Å²) in [6, 6.07) is 8.09. The summed E-state index contributed by atoms with van der Waals surface area (Å²) >= 11 is 2.42. The zero-order chi connectivity index (χ0) is 12.9. The lowest BCUT2D eigenvalue weighted by atomic mass is 9.83. The molecule has 3 atom stereocenters. The van der Waals surface area contributed by atoms with Gasteiger partial charge in [0.15, 0.2) is 0 Å². The molecule has 2 aliphatic rings. The van der Waals surface area contributed by atoms with Crippen LogP contribution in [-0.4, -0.2) is 24.6 Å². The zero-order valence-electron chi connectivity index (χ0n) is 10.2. The second-order valence-corrected chi connectivity index (χ2v) is 8.62. The third kappa shape index (κ3) is 1.86. The van der Waals surface area contributed by atoms with Gasteiger partial charge in [-0.15, -0.1) is 0 Å². The van der Waals surface area contributed by atoms with Gasteiger partial charge in [0.25, 0.3) is 0 Å². The highest BCUT2D eigenvalue weighted by atomic mass is 127. The molecule has 98 valence electrons. The maximum Gasteiger partial charge on any atom is 0.232 e. The highest BCUT2D eigenvalue weighted by Crippen LogP contribution is 2.50. The summed E-state index contributed by atoms with van der Waals surface area (Å²) in [6.45, 7) is 0. The summed E-state index contributed by atoms with van der Waals surface area (Å²) in [5, 5.41) is 0. The highest BCUT2D eigenvalue weighted by Gasteiger charge is 2.47. The first-order valence-corrected chi connectivity index (χ1v) is 9.32. The van der Waals surface area contributed by atoms with E-state index in [1.54, 1.807) is 4.31 Å². The van der Waals surface area contributed by atoms with Gasteiger partial charge in [-0.25, -0.2) is 8.42 Å². The Balaban J connectivity index is 2.18. The smallest absolute Gasteiger partial charge is 0.232 e. The quantitative estimate of drug-likeness (QED) is 0.558. The maximum absolute atomic E-state index is 12.1. The Hall–Kier alpha value is -0.300. The van der Waals surface area contributed by atoms with Crippen molar-refractivity contribution in [3.63, 3.8) is 0 Å². The van der Waals surface area contributed by atoms with Crippen molar-refractivity contribution < 1.29 is 8.42 Å². The molecule has 5 heteroatoms. The number of para-hydroxylation sites is 1. The van der Waals surface area contributed by atoms with Gasteiger partial charge >= 0.3 is 0 Å². The molecular formula is C13H16INO2S. The van der Waals surface area contributed by atoms with Crippen molar-refractivity contribution in [1.82, 2.24) is 0 Å². The summed E-state index contributed by atoms with van der Waals surface area (Å²) in [5.74, 6) is 0.381. The molecule has 0 bridgehead atoms. The van der Waals surface area contributed by atoms with Gasteiger partial charge in [0.1, 0.15) is 0 Å². The number of rotatable bonds is 1. The molecule has 1 aromatic carbocycles. The van der Waals surface area contributed by atoms with Crippen LogP contribution < -0.4 is 4.31 Å². The normalized spacial score (nSPS) is 31.0. The van der Waals surface area contributed by atoms with Crippen molar-refractivity contribution in [2.24, 2.45) is 0 Å². The largest absolute Gasteiger partial charge is 0.265 e. The van der Waals surface area contributed by atoms with Crippen molar-refractivity contribution in [2.45, 2.75) is 35.1 Å². The average molecular weight is 377 g/mol. The van der Waals surface area contributed by atoms with E-state index in [2.05, 4.69) is 28.7 Å². The lowest BCUT2D eigenvalue weighted by molar-refractivity contribution is 0.425. The van der Waals surface area contributed by atoms with Crippen LogP contribution >= 0.6 is 22.6 Å². The van der Waals surface area contributed by atoms with Crippen LogP contribution in [0, 0.1) is 0 Å². The fraction of sp³-hybridized carbons (Fsp3) is 0.538. The van der Waals surface area contributed by atoms with Crippen LogP contribution in [0.4, 0.5) is 5.69 Å². The van der Waals surface area contributed by atoms with E-state index in [0.29, 0.717) is 9.84 Å². The maximum atomic E-state index is 12.1. The number of nitrogens with zero attached hydrogens (tertiary/aromatic N) is 1. The monoisotopic (exact) mass is 377 g/mol. The number of anilines is 1. The Labute approximate surface area is 122 Å². The van der Waals surface area contributed by atoms with Crippen LogP contribution in [0.2, 0.25) is 0 Å². The standard InChI is InChI=1S/C13H16INO2S/c1-18(16,17)15-12-8-3-2-5-9(12)10-6-4-7-11(14)13(10)15/h2-3,5,8,10-11,13H,4,6-7H2,1H3/t10-,11+,13+/m0/s1. The number of benzene rings is 1. The van der Waals surface area contributed by atoms with E-state index >= 15 is 0 Å². The fourth-order valence-electron chi connectivity index (χ4n) is 3.34. The van der Waals surface area contributed by atoms with Crippen molar-refractivity contribution in [1.29, 1.82) is 0 Å². The third-order valence-electron chi connectivity index (χ3n) is 3.98. The van der Waals surface area contributed by atoms with Gasteiger partial charge in [0, 0.05) is 9.84 Å². The second-order valence-electron chi connectivity index (χ2n) is 5.16. The minimum atomic E-state index is -3.19. The van der Waals surface area contributed by atoms with Gasteiger partial charge in [0.05, 0.1) is 18.0 Å². The molecule has 1 fully saturated rings. The average Bonchev–Trinajstić information content (AvgIpc) is 2.65. The van der Waals surface area contributed by atoms with Crippen molar-refractivity contribution in [2.75, 3.05) is 10.6 Å². The molecule has 0 N–H and O–H groups in total. The van der Waals surface area contributed by atoms with Crippen LogP contribution in [0.5, 0.6) is 0 Å². The van der Waals surface area contributed by atoms with E-state index < -0.39 is 10.0 Å². The number of halogens is 1. The predicted octanol–water partition coefficient (Wildman–Crippen LogP) is 2.91. The van der Waals surface area contributed by atoms with Gasteiger partial charge in [-0.05, 0) is 24.5 Å². The van der Waals surface area contributed by atoms with Gasteiger partial charge in [-0.3, -0.25) is 4.31 Å². The van der Waals surface area contributed by atoms with Crippen LogP contribution in [-0.2, 0) is 10.0 Å². The molecule has 0 unspecified atom stereocenters. The molecule has 18 heavy (non-hydrogen) atoms. The Bertz CT molecular complexity index is 572. The summed E-state index contributed by atoms with van der Waals surface area (Å²) in [4.78, 5) is 0. The summed E-state index contributed by atoms with van der Waals surface area (Å²) in [5.41, 5.74) is 2.12. The van der Waals surface area contributed by atoms with E-state index in [4.69, 9.17) is 0 Å². The summed E-state index contributed by atoms with van der Waals surface area (Å²) in [6.07, 6.45) is 4.74. The molecule has 1 saturated carbocycles. The van der Waals surface area contributed by atoms with Crippen molar-refractivity contribution in [3.8, 4) is 0 Å². The van der Waals surface area contributed by atoms with Gasteiger partial charge in [0.2, 0.25) is 10.0 Å². The first-order chi connectivity index (χ1) is 8.50. The third-order valence-corrected chi connectivity index (χ3v) is 6.49. The second kappa shape index (κ2) is 4.37. The van der Waals surface area contributed by atoms with Gasteiger partial charge in [-0.1, -0.05) is 47.2 Å². The molecule has 0 saturated heterocycles. The summed E-state index contributed by atoms with van der Waals surface area (Å²) < 4.78 is 26.3. The van der Waals surface area contributed by atoms with Crippen molar-refractivity contribution >= 4 is 38.3 Å². The van der Waals surface area contributed by atoms with Crippen LogP contribution in [0.1, 0.15) is 30.7 Å². The topological polar surface area (TPSA) is 37.4 Å². The zero-order valence-corrected chi connectivity index (χ0v) is 13.2. The first-order valence-electron chi connectivity index (χ1n) is 6.22. The lowest BCUT2D eigenvalue weighted by Gasteiger charge is -2.35. The van der Waals surface area contributed by atoms with E-state index in [9.17, 15) is 8.42 Å². The molecular weight excluding hydrogens is 361 g/mol. The Kier molecular flexibility index (Phi) is 3.09. The molecule has 0 spiro atoms. The van der Waals surface area contributed by atoms with Crippen molar-refractivity contribution in [3.05, 3.63) is 29.8 Å². The fourth-order valence-corrected chi connectivity index (χ4v) is 6.08. The van der Waals surface area contributed by atoms with Crippen LogP contribution in [0.25, 0.3) is 0 Å². The minimum absolute atomic E-state index is 0.117. The lowest BCUT2D eigenvalue weighted by Crippen LogP contribution is -2.45. The molecule has 1 aliphatic heterocycles. The van der Waals surface area contributed by atoms with Crippen LogP contribution in [0.15, 0.2) is 24.3 Å². The molecule has 1 aliphatic carbocycles. The predicted molar refractivity (Wildman–Crippen MR) is 82.0 cm³/mol. The van der Waals surface area contributed by atoms with E-state index in [1.807, 2.05) is 18.2 Å². The van der Waals surface area contributed by atoms with Gasteiger partial charge < -0.3 is 0 Å². The number of alkyl halides is 1. The molecule has 1 heterocycles. The van der Waals surface area contributed by atoms with E-state index in [0.717, 1.165) is 18.5 Å². The molecule has 1 aromatic rings. The van der Waals surface area contributed by atoms with Crippen LogP contribution in [0.3, 0.4) is 0 Å². The molecule has 3 rings (SSSR count). The Morgan fingerprint density at radius 3 is 2.72 bits per heavy atom.